The van der Waals surface area contributed by atoms with E-state index >= 15 is 0 Å². The molecule has 0 aliphatic carbocycles. The number of amides is 2. The molecule has 8 nitrogen and oxygen atoms in total. The molecule has 4 rings (SSSR count). The summed E-state index contributed by atoms with van der Waals surface area (Å²) in [6.45, 7) is 0.867. The summed E-state index contributed by atoms with van der Waals surface area (Å²) in [5.74, 6) is -0.174. The third-order valence-electron chi connectivity index (χ3n) is 5.61. The number of carbonyl (C=O) groups excluding carboxylic acids is 2. The molecule has 2 amide bonds. The average molecular weight is 416 g/mol. The van der Waals surface area contributed by atoms with Crippen LogP contribution in [0.25, 0.3) is 11.3 Å². The molecule has 3 aromatic rings. The fourth-order valence-corrected chi connectivity index (χ4v) is 4.13. The Labute approximate surface area is 181 Å². The Morgan fingerprint density at radius 1 is 1.06 bits per heavy atom. The molecule has 1 fully saturated rings. The van der Waals surface area contributed by atoms with Gasteiger partial charge in [-0.1, -0.05) is 6.07 Å². The second-order valence-corrected chi connectivity index (χ2v) is 7.88. The zero-order valence-corrected chi connectivity index (χ0v) is 17.6. The van der Waals surface area contributed by atoms with E-state index in [1.807, 2.05) is 18.2 Å². The number of hydrogen-bond acceptors (Lipinski definition) is 6. The summed E-state index contributed by atoms with van der Waals surface area (Å²) in [6.07, 6.45) is 9.43. The smallest absolute Gasteiger partial charge is 0.254 e. The molecule has 4 heterocycles. The van der Waals surface area contributed by atoms with E-state index in [1.165, 1.54) is 6.33 Å². The van der Waals surface area contributed by atoms with Gasteiger partial charge in [-0.3, -0.25) is 19.6 Å². The van der Waals surface area contributed by atoms with Crippen molar-refractivity contribution in [3.63, 3.8) is 0 Å². The second-order valence-electron chi connectivity index (χ2n) is 7.88. The van der Waals surface area contributed by atoms with Crippen molar-refractivity contribution >= 4 is 11.8 Å². The largest absolute Gasteiger partial charge is 0.348 e. The van der Waals surface area contributed by atoms with Gasteiger partial charge < -0.3 is 9.80 Å². The molecule has 0 spiro atoms. The lowest BCUT2D eigenvalue weighted by molar-refractivity contribution is -0.136. The van der Waals surface area contributed by atoms with Crippen LogP contribution in [-0.2, 0) is 10.2 Å². The van der Waals surface area contributed by atoms with Crippen molar-refractivity contribution in [1.82, 2.24) is 29.7 Å². The van der Waals surface area contributed by atoms with Crippen molar-refractivity contribution in [2.24, 2.45) is 0 Å². The van der Waals surface area contributed by atoms with Crippen LogP contribution >= 0.6 is 0 Å². The predicted octanol–water partition coefficient (Wildman–Crippen LogP) is 2.20. The summed E-state index contributed by atoms with van der Waals surface area (Å²) in [5.41, 5.74) is 1.72. The molecule has 1 aliphatic heterocycles. The Morgan fingerprint density at radius 3 is 2.58 bits per heavy atom. The number of rotatable bonds is 4. The first-order valence-corrected chi connectivity index (χ1v) is 10.2. The van der Waals surface area contributed by atoms with Gasteiger partial charge >= 0.3 is 0 Å². The van der Waals surface area contributed by atoms with Crippen LogP contribution in [0.5, 0.6) is 0 Å². The lowest BCUT2D eigenvalue weighted by Crippen LogP contribution is -2.56. The number of pyridine rings is 2. The summed E-state index contributed by atoms with van der Waals surface area (Å²) in [7, 11) is 3.48. The molecule has 31 heavy (non-hydrogen) atoms. The summed E-state index contributed by atoms with van der Waals surface area (Å²) >= 11 is 0. The van der Waals surface area contributed by atoms with Gasteiger partial charge in [0, 0.05) is 63.1 Å². The number of nitrogens with zero attached hydrogens (tertiary/aromatic N) is 6. The Bertz CT molecular complexity index is 1070. The molecule has 1 saturated heterocycles. The van der Waals surface area contributed by atoms with Gasteiger partial charge in [0.05, 0.1) is 11.4 Å². The third-order valence-corrected chi connectivity index (χ3v) is 5.61. The van der Waals surface area contributed by atoms with Gasteiger partial charge in [-0.2, -0.15) is 0 Å². The van der Waals surface area contributed by atoms with Gasteiger partial charge in [0.25, 0.3) is 5.91 Å². The maximum atomic E-state index is 13.4. The van der Waals surface area contributed by atoms with Crippen molar-refractivity contribution in [3.05, 3.63) is 72.7 Å². The average Bonchev–Trinajstić information content (AvgIpc) is 2.84. The molecule has 0 bridgehead atoms. The lowest BCUT2D eigenvalue weighted by Gasteiger charge is -2.42. The fraction of sp³-hybridized carbons (Fsp3) is 0.304. The second kappa shape index (κ2) is 8.59. The van der Waals surface area contributed by atoms with Crippen LogP contribution in [0.3, 0.4) is 0 Å². The molecule has 1 atom stereocenters. The van der Waals surface area contributed by atoms with Gasteiger partial charge in [-0.05, 0) is 37.1 Å². The predicted molar refractivity (Wildman–Crippen MR) is 115 cm³/mol. The molecule has 0 N–H and O–H groups in total. The van der Waals surface area contributed by atoms with Crippen LogP contribution in [0.15, 0.2) is 61.4 Å². The van der Waals surface area contributed by atoms with Gasteiger partial charge in [0.2, 0.25) is 5.91 Å². The molecule has 8 heteroatoms. The fourth-order valence-electron chi connectivity index (χ4n) is 4.13. The van der Waals surface area contributed by atoms with E-state index in [-0.39, 0.29) is 18.4 Å². The molecule has 3 aromatic heterocycles. The van der Waals surface area contributed by atoms with E-state index in [0.29, 0.717) is 36.3 Å². The molecule has 0 aromatic carbocycles. The number of piperidine rings is 1. The summed E-state index contributed by atoms with van der Waals surface area (Å²) in [6, 6.07) is 9.02. The minimum atomic E-state index is -0.859. The first-order valence-electron chi connectivity index (χ1n) is 10.2. The Hall–Kier alpha value is -3.68. The lowest BCUT2D eigenvalue weighted by atomic mass is 9.75. The van der Waals surface area contributed by atoms with Crippen LogP contribution in [0.4, 0.5) is 0 Å². The van der Waals surface area contributed by atoms with Crippen LogP contribution < -0.4 is 0 Å². The topological polar surface area (TPSA) is 92.2 Å². The number of hydrogen-bond donors (Lipinski definition) is 0. The molecule has 158 valence electrons. The Balaban J connectivity index is 1.66. The van der Waals surface area contributed by atoms with Gasteiger partial charge in [-0.25, -0.2) is 9.97 Å². The van der Waals surface area contributed by atoms with Crippen molar-refractivity contribution in [3.8, 4) is 11.3 Å². The van der Waals surface area contributed by atoms with E-state index in [1.54, 1.807) is 60.8 Å². The minimum absolute atomic E-state index is 0.0412. The third kappa shape index (κ3) is 4.01. The van der Waals surface area contributed by atoms with E-state index < -0.39 is 5.41 Å². The SMILES string of the molecule is CN(C)C(=O)[C@@]1(c2ccccn2)CCCN(C(=O)c2ccnc(-c3cncnc3)c2)C1. The number of aromatic nitrogens is 4. The number of likely N-dealkylation sites (N-methyl/N-ethyl adjacent to an activating group) is 1. The minimum Gasteiger partial charge on any atom is -0.348 e. The monoisotopic (exact) mass is 416 g/mol. The van der Waals surface area contributed by atoms with E-state index in [2.05, 4.69) is 19.9 Å². The maximum absolute atomic E-state index is 13.4. The summed E-state index contributed by atoms with van der Waals surface area (Å²) in [5, 5.41) is 0. The zero-order valence-electron chi connectivity index (χ0n) is 17.6. The number of likely N-dealkylation sites (tertiary alicyclic amines) is 1. The van der Waals surface area contributed by atoms with Crippen molar-refractivity contribution < 1.29 is 9.59 Å². The van der Waals surface area contributed by atoms with E-state index in [0.717, 1.165) is 5.56 Å². The van der Waals surface area contributed by atoms with Gasteiger partial charge in [0.1, 0.15) is 11.7 Å². The molecule has 0 saturated carbocycles. The maximum Gasteiger partial charge on any atom is 0.254 e. The van der Waals surface area contributed by atoms with E-state index in [9.17, 15) is 9.59 Å². The Kier molecular flexibility index (Phi) is 5.70. The first-order chi connectivity index (χ1) is 15.0. The van der Waals surface area contributed by atoms with Crippen molar-refractivity contribution in [2.45, 2.75) is 18.3 Å². The van der Waals surface area contributed by atoms with Crippen LogP contribution in [0, 0.1) is 0 Å². The molecular weight excluding hydrogens is 392 g/mol. The molecule has 1 aliphatic rings. The highest BCUT2D eigenvalue weighted by Crippen LogP contribution is 2.35. The standard InChI is InChI=1S/C23H24N6O2/c1-28(2)22(31)23(20-6-3-4-9-27-20)8-5-11-29(15-23)21(30)17-7-10-26-19(12-17)18-13-24-16-25-14-18/h3-4,6-7,9-10,12-14,16H,5,8,11,15H2,1-2H3/t23-/m0/s1. The first kappa shape index (κ1) is 20.6. The van der Waals surface area contributed by atoms with E-state index in [4.69, 9.17) is 0 Å². The van der Waals surface area contributed by atoms with Crippen molar-refractivity contribution in [2.75, 3.05) is 27.2 Å². The normalized spacial score (nSPS) is 18.5. The highest BCUT2D eigenvalue weighted by molar-refractivity contribution is 5.96. The highest BCUT2D eigenvalue weighted by Gasteiger charge is 2.46. The summed E-state index contributed by atoms with van der Waals surface area (Å²) in [4.78, 5) is 46.9. The highest BCUT2D eigenvalue weighted by atomic mass is 16.2. The van der Waals surface area contributed by atoms with Crippen LogP contribution in [0.1, 0.15) is 28.9 Å². The van der Waals surface area contributed by atoms with Gasteiger partial charge in [0.15, 0.2) is 0 Å². The summed E-state index contributed by atoms with van der Waals surface area (Å²) < 4.78 is 0. The molecule has 0 unspecified atom stereocenters. The molecular formula is C23H24N6O2. The van der Waals surface area contributed by atoms with Gasteiger partial charge in [-0.15, -0.1) is 0 Å². The van der Waals surface area contributed by atoms with Crippen LogP contribution in [-0.4, -0.2) is 68.7 Å². The Morgan fingerprint density at radius 2 is 1.87 bits per heavy atom. The quantitative estimate of drug-likeness (QED) is 0.647. The van der Waals surface area contributed by atoms with Crippen molar-refractivity contribution in [1.29, 1.82) is 0 Å². The van der Waals surface area contributed by atoms with Crippen LogP contribution in [0.2, 0.25) is 0 Å². The molecule has 0 radical (unpaired) electrons. The zero-order chi connectivity index (χ0) is 21.8. The number of carbonyl (C=O) groups is 2.